The van der Waals surface area contributed by atoms with Crippen LogP contribution in [-0.2, 0) is 11.3 Å². The number of rotatable bonds is 3. The molecule has 2 N–H and O–H groups in total. The third kappa shape index (κ3) is 3.24. The van der Waals surface area contributed by atoms with Crippen LogP contribution in [0.3, 0.4) is 0 Å². The molecule has 0 bridgehead atoms. The predicted octanol–water partition coefficient (Wildman–Crippen LogP) is 3.36. The first-order chi connectivity index (χ1) is 7.74. The highest BCUT2D eigenvalue weighted by Gasteiger charge is 2.18. The number of hydrogen-bond donors (Lipinski definition) is 1. The third-order valence-corrected chi connectivity index (χ3v) is 3.40. The lowest BCUT2D eigenvalue weighted by Gasteiger charge is -2.26. The summed E-state index contributed by atoms with van der Waals surface area (Å²) in [7, 11) is 0. The predicted molar refractivity (Wildman–Crippen MR) is 67.1 cm³/mol. The lowest BCUT2D eigenvalue weighted by atomic mass is 9.89. The molecule has 0 aromatic heterocycles. The molecule has 88 valence electrons. The van der Waals surface area contributed by atoms with E-state index in [4.69, 9.17) is 10.5 Å². The van der Waals surface area contributed by atoms with Crippen LogP contribution >= 0.6 is 0 Å². The standard InChI is InChI=1S/C14H21NO/c1-11-5-7-14(8-6-11)16-10-12-3-2-4-13(15)9-12/h2-4,9,11,14H,5-8,10,15H2,1H3. The molecular formula is C14H21NO. The minimum atomic E-state index is 0.456. The van der Waals surface area contributed by atoms with Gasteiger partial charge in [0.05, 0.1) is 12.7 Å². The van der Waals surface area contributed by atoms with E-state index in [0.29, 0.717) is 12.7 Å². The summed E-state index contributed by atoms with van der Waals surface area (Å²) in [6.45, 7) is 3.03. The van der Waals surface area contributed by atoms with Crippen LogP contribution in [-0.4, -0.2) is 6.10 Å². The van der Waals surface area contributed by atoms with E-state index in [-0.39, 0.29) is 0 Å². The molecule has 0 heterocycles. The molecule has 1 aliphatic carbocycles. The normalized spacial score (nSPS) is 25.6. The molecule has 0 spiro atoms. The zero-order valence-electron chi connectivity index (χ0n) is 9.99. The van der Waals surface area contributed by atoms with Gasteiger partial charge in [0.2, 0.25) is 0 Å². The van der Waals surface area contributed by atoms with Crippen molar-refractivity contribution < 1.29 is 4.74 Å². The van der Waals surface area contributed by atoms with Crippen molar-refractivity contribution in [2.24, 2.45) is 5.92 Å². The largest absolute Gasteiger partial charge is 0.399 e. The van der Waals surface area contributed by atoms with Crippen LogP contribution in [0.5, 0.6) is 0 Å². The minimum Gasteiger partial charge on any atom is -0.399 e. The van der Waals surface area contributed by atoms with Gasteiger partial charge in [0.15, 0.2) is 0 Å². The average molecular weight is 219 g/mol. The lowest BCUT2D eigenvalue weighted by Crippen LogP contribution is -2.20. The molecule has 1 saturated carbocycles. The number of benzene rings is 1. The highest BCUT2D eigenvalue weighted by atomic mass is 16.5. The second-order valence-electron chi connectivity index (χ2n) is 4.94. The van der Waals surface area contributed by atoms with Crippen molar-refractivity contribution in [1.29, 1.82) is 0 Å². The van der Waals surface area contributed by atoms with E-state index in [0.717, 1.165) is 11.6 Å². The number of nitrogen functional groups attached to an aromatic ring is 1. The Morgan fingerprint density at radius 1 is 1.25 bits per heavy atom. The van der Waals surface area contributed by atoms with Crippen LogP contribution in [0.15, 0.2) is 24.3 Å². The summed E-state index contributed by atoms with van der Waals surface area (Å²) in [6, 6.07) is 7.95. The molecule has 1 aliphatic rings. The van der Waals surface area contributed by atoms with E-state index in [1.54, 1.807) is 0 Å². The molecule has 16 heavy (non-hydrogen) atoms. The first-order valence-electron chi connectivity index (χ1n) is 6.20. The van der Waals surface area contributed by atoms with Crippen molar-refractivity contribution in [3.05, 3.63) is 29.8 Å². The second-order valence-corrected chi connectivity index (χ2v) is 4.94. The molecule has 1 fully saturated rings. The van der Waals surface area contributed by atoms with Gasteiger partial charge in [-0.05, 0) is 49.3 Å². The fourth-order valence-corrected chi connectivity index (χ4v) is 2.29. The molecule has 0 saturated heterocycles. The summed E-state index contributed by atoms with van der Waals surface area (Å²) >= 11 is 0. The maximum Gasteiger partial charge on any atom is 0.0721 e. The Morgan fingerprint density at radius 2 is 2.00 bits per heavy atom. The van der Waals surface area contributed by atoms with E-state index >= 15 is 0 Å². The summed E-state index contributed by atoms with van der Waals surface area (Å²) in [4.78, 5) is 0. The summed E-state index contributed by atoms with van der Waals surface area (Å²) < 4.78 is 5.92. The lowest BCUT2D eigenvalue weighted by molar-refractivity contribution is 0.00879. The highest BCUT2D eigenvalue weighted by molar-refractivity contribution is 5.40. The highest BCUT2D eigenvalue weighted by Crippen LogP contribution is 2.26. The maximum absolute atomic E-state index is 5.92. The fourth-order valence-electron chi connectivity index (χ4n) is 2.29. The quantitative estimate of drug-likeness (QED) is 0.791. The van der Waals surface area contributed by atoms with Crippen LogP contribution in [0.4, 0.5) is 5.69 Å². The Kier molecular flexibility index (Phi) is 3.83. The van der Waals surface area contributed by atoms with Crippen LogP contribution in [0.2, 0.25) is 0 Å². The smallest absolute Gasteiger partial charge is 0.0721 e. The molecule has 0 amide bonds. The number of hydrogen-bond acceptors (Lipinski definition) is 2. The van der Waals surface area contributed by atoms with E-state index in [1.165, 1.54) is 31.2 Å². The third-order valence-electron chi connectivity index (χ3n) is 3.40. The van der Waals surface area contributed by atoms with Crippen molar-refractivity contribution in [3.63, 3.8) is 0 Å². The van der Waals surface area contributed by atoms with Gasteiger partial charge in [-0.25, -0.2) is 0 Å². The molecule has 0 unspecified atom stereocenters. The van der Waals surface area contributed by atoms with Gasteiger partial charge >= 0.3 is 0 Å². The molecule has 0 atom stereocenters. The first-order valence-corrected chi connectivity index (χ1v) is 6.20. The summed E-state index contributed by atoms with van der Waals surface area (Å²) in [5.74, 6) is 0.882. The minimum absolute atomic E-state index is 0.456. The Labute approximate surface area is 97.8 Å². The summed E-state index contributed by atoms with van der Waals surface area (Å²) in [6.07, 6.45) is 5.49. The molecule has 0 aliphatic heterocycles. The zero-order valence-corrected chi connectivity index (χ0v) is 9.99. The van der Waals surface area contributed by atoms with Crippen molar-refractivity contribution in [1.82, 2.24) is 0 Å². The van der Waals surface area contributed by atoms with Crippen molar-refractivity contribution in [2.75, 3.05) is 5.73 Å². The second kappa shape index (κ2) is 5.35. The Morgan fingerprint density at radius 3 is 2.69 bits per heavy atom. The number of nitrogens with two attached hydrogens (primary N) is 1. The molecule has 2 nitrogen and oxygen atoms in total. The summed E-state index contributed by atoms with van der Waals surface area (Å²) in [5, 5.41) is 0. The SMILES string of the molecule is CC1CCC(OCc2cccc(N)c2)CC1. The van der Waals surface area contributed by atoms with Crippen molar-refractivity contribution in [3.8, 4) is 0 Å². The fraction of sp³-hybridized carbons (Fsp3) is 0.571. The topological polar surface area (TPSA) is 35.2 Å². The average Bonchev–Trinajstić information content (AvgIpc) is 2.28. The Hall–Kier alpha value is -1.02. The summed E-state index contributed by atoms with van der Waals surface area (Å²) in [5.41, 5.74) is 7.73. The molecule has 0 radical (unpaired) electrons. The van der Waals surface area contributed by atoms with Gasteiger partial charge in [-0.2, -0.15) is 0 Å². The molecule has 2 rings (SSSR count). The molecular weight excluding hydrogens is 198 g/mol. The van der Waals surface area contributed by atoms with Gasteiger partial charge in [-0.1, -0.05) is 19.1 Å². The number of anilines is 1. The van der Waals surface area contributed by atoms with Gasteiger partial charge < -0.3 is 10.5 Å². The monoisotopic (exact) mass is 219 g/mol. The Bertz CT molecular complexity index is 329. The van der Waals surface area contributed by atoms with Gasteiger partial charge in [-0.3, -0.25) is 0 Å². The van der Waals surface area contributed by atoms with Gasteiger partial charge in [0.1, 0.15) is 0 Å². The Balaban J connectivity index is 1.79. The van der Waals surface area contributed by atoms with Gasteiger partial charge in [0, 0.05) is 5.69 Å². The van der Waals surface area contributed by atoms with E-state index < -0.39 is 0 Å². The maximum atomic E-state index is 5.92. The van der Waals surface area contributed by atoms with Crippen molar-refractivity contribution in [2.45, 2.75) is 45.3 Å². The van der Waals surface area contributed by atoms with E-state index in [2.05, 4.69) is 13.0 Å². The molecule has 2 heteroatoms. The number of ether oxygens (including phenoxy) is 1. The molecule has 1 aromatic carbocycles. The van der Waals surface area contributed by atoms with Crippen molar-refractivity contribution >= 4 is 5.69 Å². The van der Waals surface area contributed by atoms with Crippen LogP contribution in [0.1, 0.15) is 38.2 Å². The van der Waals surface area contributed by atoms with Crippen LogP contribution < -0.4 is 5.73 Å². The van der Waals surface area contributed by atoms with E-state index in [1.807, 2.05) is 18.2 Å². The zero-order chi connectivity index (χ0) is 11.4. The van der Waals surface area contributed by atoms with Crippen LogP contribution in [0, 0.1) is 5.92 Å². The molecule has 1 aromatic rings. The van der Waals surface area contributed by atoms with E-state index in [9.17, 15) is 0 Å². The van der Waals surface area contributed by atoms with Crippen LogP contribution in [0.25, 0.3) is 0 Å². The first kappa shape index (κ1) is 11.5. The van der Waals surface area contributed by atoms with Gasteiger partial charge in [0.25, 0.3) is 0 Å². The van der Waals surface area contributed by atoms with Gasteiger partial charge in [-0.15, -0.1) is 0 Å².